The van der Waals surface area contributed by atoms with Gasteiger partial charge in [0.15, 0.2) is 34.9 Å². The maximum Gasteiger partial charge on any atom is 0.164 e. The number of benzene rings is 15. The van der Waals surface area contributed by atoms with Crippen molar-refractivity contribution in [2.75, 3.05) is 0 Å². The normalized spacial score (nSPS) is 13.5. The molecule has 0 N–H and O–H groups in total. The molecule has 1 unspecified atom stereocenters. The molecule has 2 aromatic heterocycles. The minimum absolute atomic E-state index is 0.0901. The average Bonchev–Trinajstić information content (AvgIpc) is 1.58. The Hall–Kier alpha value is -14.5. The van der Waals surface area contributed by atoms with Crippen LogP contribution in [0, 0.1) is 0 Å². The molecular formula is C106H76N6. The van der Waals surface area contributed by atoms with Crippen molar-refractivity contribution < 1.29 is 0 Å². The highest BCUT2D eigenvalue weighted by Gasteiger charge is 2.43. The number of aromatic nitrogens is 6. The molecule has 1 atom stereocenters. The zero-order chi connectivity index (χ0) is 75.4. The lowest BCUT2D eigenvalue weighted by Crippen LogP contribution is -2.24. The molecule has 6 nitrogen and oxygen atoms in total. The van der Waals surface area contributed by atoms with Crippen LogP contribution < -0.4 is 0 Å². The predicted octanol–water partition coefficient (Wildman–Crippen LogP) is 26.7. The van der Waals surface area contributed by atoms with Gasteiger partial charge in [-0.15, -0.1) is 0 Å². The molecule has 2 aliphatic rings. The molecule has 0 radical (unpaired) electrons. The third-order valence-corrected chi connectivity index (χ3v) is 21.7. The van der Waals surface area contributed by atoms with Gasteiger partial charge in [0.2, 0.25) is 0 Å². The molecule has 17 aromatic rings. The van der Waals surface area contributed by atoms with E-state index < -0.39 is 5.41 Å². The smallest absolute Gasteiger partial charge is 0.164 e. The largest absolute Gasteiger partial charge is 0.208 e. The van der Waals surface area contributed by atoms with Crippen LogP contribution in [-0.2, 0) is 10.8 Å². The van der Waals surface area contributed by atoms with Crippen LogP contribution in [0.5, 0.6) is 0 Å². The zero-order valence-corrected chi connectivity index (χ0v) is 62.2. The van der Waals surface area contributed by atoms with Crippen LogP contribution in [0.3, 0.4) is 0 Å². The quantitative estimate of drug-likeness (QED) is 0.0897. The maximum absolute atomic E-state index is 5.08. The highest BCUT2D eigenvalue weighted by Crippen LogP contribution is 2.55. The van der Waals surface area contributed by atoms with Crippen LogP contribution in [0.1, 0.15) is 41.7 Å². The number of fused-ring (bicyclic) bond motifs is 6. The van der Waals surface area contributed by atoms with E-state index in [0.29, 0.717) is 34.9 Å². The van der Waals surface area contributed by atoms with Crippen LogP contribution in [-0.4, -0.2) is 29.9 Å². The first-order chi connectivity index (χ1) is 55.2. The van der Waals surface area contributed by atoms with Crippen LogP contribution in [0.4, 0.5) is 0 Å². The molecule has 2 heterocycles. The summed E-state index contributed by atoms with van der Waals surface area (Å²) in [4.78, 5) is 30.1. The Kier molecular flexibility index (Phi) is 18.7. The molecule has 530 valence electrons. The fourth-order valence-electron chi connectivity index (χ4n) is 16.2. The molecule has 19 rings (SSSR count). The van der Waals surface area contributed by atoms with Gasteiger partial charge in [0.25, 0.3) is 0 Å². The summed E-state index contributed by atoms with van der Waals surface area (Å²) in [6.45, 7) is 8.56. The SMILES string of the molecule is C=C/C=C\C=C\C1(c2ccccc2)c2ccccc2-c2cc(-c3cccc(-c4cccc(-c5nc(-c6ccccc6)nc(-c6ccc(-c7ccccc7)cc6)n5)c4)c3)ccc21.CC1(C)c2ccccc2-c2cccc(-c3cccc(-c4cccc(-c5nc(-c6ccccc6)nc(-c6ccc(-c7ccccc7)cc6)n5)c4)c3)c21. The van der Waals surface area contributed by atoms with E-state index in [1.807, 2.05) is 84.9 Å². The van der Waals surface area contributed by atoms with Crippen LogP contribution in [0.25, 0.3) is 157 Å². The Morgan fingerprint density at radius 3 is 0.982 bits per heavy atom. The van der Waals surface area contributed by atoms with Crippen LogP contribution in [0.15, 0.2) is 419 Å². The summed E-state index contributed by atoms with van der Waals surface area (Å²) in [6, 6.07) is 135. The second-order valence-electron chi connectivity index (χ2n) is 28.9. The summed E-state index contributed by atoms with van der Waals surface area (Å²) in [7, 11) is 0. The molecule has 6 heteroatoms. The van der Waals surface area contributed by atoms with Crippen LogP contribution >= 0.6 is 0 Å². The van der Waals surface area contributed by atoms with Gasteiger partial charge in [-0.05, 0) is 147 Å². The first-order valence-electron chi connectivity index (χ1n) is 38.1. The number of allylic oxidation sites excluding steroid dienone is 5. The second-order valence-corrected chi connectivity index (χ2v) is 28.9. The number of nitrogens with zero attached hydrogens (tertiary/aromatic N) is 6. The Morgan fingerprint density at radius 2 is 0.509 bits per heavy atom. The number of hydrogen-bond donors (Lipinski definition) is 0. The Morgan fingerprint density at radius 1 is 0.214 bits per heavy atom. The highest BCUT2D eigenvalue weighted by atomic mass is 15.0. The lowest BCUT2D eigenvalue weighted by Gasteiger charge is -2.29. The molecule has 0 bridgehead atoms. The van der Waals surface area contributed by atoms with Gasteiger partial charge in [0.1, 0.15) is 0 Å². The summed E-state index contributed by atoms with van der Waals surface area (Å²) in [5, 5.41) is 0. The third-order valence-electron chi connectivity index (χ3n) is 21.7. The fraction of sp³-hybridized carbons (Fsp3) is 0.0377. The lowest BCUT2D eigenvalue weighted by atomic mass is 9.72. The Labute approximate surface area is 654 Å². The summed E-state index contributed by atoms with van der Waals surface area (Å²) in [5.74, 6) is 3.84. The van der Waals surface area contributed by atoms with E-state index in [9.17, 15) is 0 Å². The minimum atomic E-state index is -0.430. The third kappa shape index (κ3) is 13.5. The highest BCUT2D eigenvalue weighted by molar-refractivity contribution is 5.91. The van der Waals surface area contributed by atoms with Crippen molar-refractivity contribution in [1.29, 1.82) is 0 Å². The molecule has 15 aromatic carbocycles. The van der Waals surface area contributed by atoms with Gasteiger partial charge < -0.3 is 0 Å². The molecule has 0 amide bonds. The van der Waals surface area contributed by atoms with E-state index in [0.717, 1.165) is 72.3 Å². The zero-order valence-electron chi connectivity index (χ0n) is 62.2. The molecule has 112 heavy (non-hydrogen) atoms. The monoisotopic (exact) mass is 1430 g/mol. The predicted molar refractivity (Wildman–Crippen MR) is 463 cm³/mol. The van der Waals surface area contributed by atoms with Gasteiger partial charge in [0.05, 0.1) is 5.41 Å². The van der Waals surface area contributed by atoms with Gasteiger partial charge in [-0.2, -0.15) is 0 Å². The van der Waals surface area contributed by atoms with E-state index in [1.165, 1.54) is 77.9 Å². The molecule has 0 spiro atoms. The van der Waals surface area contributed by atoms with Gasteiger partial charge in [-0.1, -0.05) is 403 Å². The Balaban J connectivity index is 0.000000159. The number of rotatable bonds is 16. The summed E-state index contributed by atoms with van der Waals surface area (Å²) in [6.07, 6.45) is 10.3. The standard InChI is InChI=1S/C58H41N3.C48H35N3/c1-2-3-4-16-37-58(50-27-12-7-13-28-50)53-30-15-14-29-51(53)52-40-48(35-36-54(52)58)46-24-17-23-45(38-46)47-25-18-26-49(39-47)57-60-55(43-21-10-6-11-22-43)59-56(61-57)44-33-31-42(32-34-44)41-19-8-5-9-20-41;1-48(2)43-25-10-9-22-41(43)42-24-13-23-40(44(42)48)38-20-11-18-36(30-38)37-19-12-21-39(31-37)47-50-45(34-16-7-4-8-17-34)49-46(51-47)35-28-26-33(27-29-35)32-14-5-3-6-15-32/h2-40H,1H2;3-31H,1-2H3/b4-3-,37-16+;. The fourth-order valence-corrected chi connectivity index (χ4v) is 16.2. The van der Waals surface area contributed by atoms with E-state index >= 15 is 0 Å². The summed E-state index contributed by atoms with van der Waals surface area (Å²) >= 11 is 0. The lowest BCUT2D eigenvalue weighted by molar-refractivity contribution is 0.662. The van der Waals surface area contributed by atoms with Gasteiger partial charge in [-0.3, -0.25) is 0 Å². The molecule has 0 saturated heterocycles. The van der Waals surface area contributed by atoms with Crippen molar-refractivity contribution in [2.24, 2.45) is 0 Å². The van der Waals surface area contributed by atoms with E-state index in [4.69, 9.17) is 29.9 Å². The topological polar surface area (TPSA) is 77.3 Å². The van der Waals surface area contributed by atoms with Gasteiger partial charge in [-0.25, -0.2) is 29.9 Å². The molecule has 0 fully saturated rings. The minimum Gasteiger partial charge on any atom is -0.208 e. The average molecular weight is 1430 g/mol. The second kappa shape index (κ2) is 30.3. The van der Waals surface area contributed by atoms with Crippen molar-refractivity contribution in [3.05, 3.63) is 447 Å². The van der Waals surface area contributed by atoms with Crippen molar-refractivity contribution in [2.45, 2.75) is 24.7 Å². The van der Waals surface area contributed by atoms with E-state index in [1.54, 1.807) is 0 Å². The van der Waals surface area contributed by atoms with Crippen molar-refractivity contribution in [3.63, 3.8) is 0 Å². The van der Waals surface area contributed by atoms with Crippen molar-refractivity contribution >= 4 is 0 Å². The maximum atomic E-state index is 5.08. The summed E-state index contributed by atoms with van der Waals surface area (Å²) < 4.78 is 0. The molecule has 0 saturated carbocycles. The van der Waals surface area contributed by atoms with Crippen LogP contribution in [0.2, 0.25) is 0 Å². The van der Waals surface area contributed by atoms with E-state index in [-0.39, 0.29) is 5.41 Å². The Bertz CT molecular complexity index is 6390. The first-order valence-corrected chi connectivity index (χ1v) is 38.1. The van der Waals surface area contributed by atoms with E-state index in [2.05, 4.69) is 348 Å². The molecular weight excluding hydrogens is 1360 g/mol. The van der Waals surface area contributed by atoms with Gasteiger partial charge >= 0.3 is 0 Å². The molecule has 0 aliphatic heterocycles. The first kappa shape index (κ1) is 69.3. The van der Waals surface area contributed by atoms with Crippen molar-refractivity contribution in [3.8, 4) is 157 Å². The molecule has 2 aliphatic carbocycles. The summed E-state index contributed by atoms with van der Waals surface area (Å²) in [5.41, 5.74) is 30.8. The van der Waals surface area contributed by atoms with Gasteiger partial charge in [0, 0.05) is 38.8 Å². The number of hydrogen-bond acceptors (Lipinski definition) is 6. The van der Waals surface area contributed by atoms with Crippen molar-refractivity contribution in [1.82, 2.24) is 29.9 Å².